The summed E-state index contributed by atoms with van der Waals surface area (Å²) in [5.74, 6) is -43.1. The second kappa shape index (κ2) is 15.7. The summed E-state index contributed by atoms with van der Waals surface area (Å²) in [6, 6.07) is -1.81. The summed E-state index contributed by atoms with van der Waals surface area (Å²) in [4.78, 5) is 24.5. The second-order valence-corrected chi connectivity index (χ2v) is 11.4. The Kier molecular flexibility index (Phi) is 14.9. The number of carbonyl (C=O) groups excluding carboxylic acids is 2. The van der Waals surface area contributed by atoms with E-state index in [0.717, 1.165) is 0 Å². The van der Waals surface area contributed by atoms with E-state index in [0.29, 0.717) is 11.0 Å². The van der Waals surface area contributed by atoms with Gasteiger partial charge in [-0.15, -0.1) is 0 Å². The van der Waals surface area contributed by atoms with Crippen LogP contribution in [0.4, 0.5) is 79.0 Å². The van der Waals surface area contributed by atoms with Crippen molar-refractivity contribution in [2.75, 3.05) is 47.4 Å². The molecule has 1 unspecified atom stereocenters. The molecule has 0 saturated carbocycles. The van der Waals surface area contributed by atoms with Crippen LogP contribution in [-0.2, 0) is 19.1 Å². The number of hydrogen-bond acceptors (Lipinski definition) is 5. The average molecular weight is 753 g/mol. The number of alkyl halides is 18. The molecule has 0 aliphatic rings. The van der Waals surface area contributed by atoms with Crippen molar-refractivity contribution in [2.45, 2.75) is 92.5 Å². The van der Waals surface area contributed by atoms with Crippen LogP contribution in [0.1, 0.15) is 38.5 Å². The predicted molar refractivity (Wildman–Crippen MR) is 126 cm³/mol. The zero-order valence-electron chi connectivity index (χ0n) is 25.0. The van der Waals surface area contributed by atoms with Gasteiger partial charge in [-0.05, 0) is 12.8 Å². The number of nitrogens with one attached hydrogen (secondary N) is 1. The first-order valence-corrected chi connectivity index (χ1v) is 13.4. The second-order valence-electron chi connectivity index (χ2n) is 11.4. The van der Waals surface area contributed by atoms with E-state index in [1.807, 2.05) is 0 Å². The van der Waals surface area contributed by atoms with Gasteiger partial charge in [0.25, 0.3) is 0 Å². The van der Waals surface area contributed by atoms with Gasteiger partial charge in [-0.2, -0.15) is 79.0 Å². The van der Waals surface area contributed by atoms with Gasteiger partial charge < -0.3 is 19.3 Å². The lowest BCUT2D eigenvalue weighted by Gasteiger charge is -2.33. The Morgan fingerprint density at radius 2 is 0.958 bits per heavy atom. The van der Waals surface area contributed by atoms with E-state index in [1.165, 1.54) is 0 Å². The van der Waals surface area contributed by atoms with E-state index in [1.54, 1.807) is 21.1 Å². The fourth-order valence-corrected chi connectivity index (χ4v) is 3.47. The Morgan fingerprint density at radius 1 is 0.583 bits per heavy atom. The molecular formula is C24H31F18N2O4+. The number of rotatable bonds is 20. The SMILES string of the molecule is C[N+](C)(C)CCCNC(CC(=O)OCCCC(F)(F)C(F)(F)C(F)(F)C(F)(F)F)C(=O)OCCCC(F)(F)C(F)(F)C(F)(F)C(F)(F)F. The lowest BCUT2D eigenvalue weighted by atomic mass is 10.00. The van der Waals surface area contributed by atoms with Gasteiger partial charge in [0.1, 0.15) is 6.04 Å². The molecule has 0 radical (unpaired) electrons. The molecule has 48 heavy (non-hydrogen) atoms. The number of esters is 2. The Balaban J connectivity index is 5.35. The van der Waals surface area contributed by atoms with Crippen molar-refractivity contribution in [2.24, 2.45) is 0 Å². The lowest BCUT2D eigenvalue weighted by molar-refractivity contribution is -0.870. The molecule has 0 fully saturated rings. The normalized spacial score (nSPS) is 15.4. The highest BCUT2D eigenvalue weighted by Gasteiger charge is 2.82. The average Bonchev–Trinajstić information content (AvgIpc) is 2.88. The van der Waals surface area contributed by atoms with E-state index in [-0.39, 0.29) is 13.0 Å². The summed E-state index contributed by atoms with van der Waals surface area (Å²) in [5, 5.41) is 2.42. The first-order chi connectivity index (χ1) is 21.1. The van der Waals surface area contributed by atoms with Crippen LogP contribution in [0, 0.1) is 0 Å². The van der Waals surface area contributed by atoms with Crippen LogP contribution < -0.4 is 5.32 Å². The van der Waals surface area contributed by atoms with Crippen molar-refractivity contribution < 1.29 is 103 Å². The minimum absolute atomic E-state index is 0.117. The maximum Gasteiger partial charge on any atom is 0.460 e. The van der Waals surface area contributed by atoms with Crippen LogP contribution >= 0.6 is 0 Å². The number of quaternary nitrogens is 1. The molecule has 24 heteroatoms. The standard InChI is InChI=1S/C24H31F18N2O4/c1-44(2,3)10-6-9-43-14(16(46)48-12-5-8-18(27,28)20(31,32)22(35,36)24(40,41)42)13-15(45)47-11-4-7-17(25,26)19(29,30)21(33,34)23(37,38)39/h14,43H,4-13H2,1-3H3/q+1. The number of carbonyl (C=O) groups is 2. The van der Waals surface area contributed by atoms with Gasteiger partial charge >= 0.3 is 59.8 Å². The summed E-state index contributed by atoms with van der Waals surface area (Å²) < 4.78 is 242. The fourth-order valence-electron chi connectivity index (χ4n) is 3.47. The van der Waals surface area contributed by atoms with E-state index in [4.69, 9.17) is 0 Å². The molecule has 0 aromatic rings. The molecule has 0 aromatic heterocycles. The summed E-state index contributed by atoms with van der Waals surface area (Å²) in [6.07, 6.45) is -22.5. The van der Waals surface area contributed by atoms with Crippen molar-refractivity contribution in [3.8, 4) is 0 Å². The number of hydrogen-bond donors (Lipinski definition) is 1. The Morgan fingerprint density at radius 3 is 1.31 bits per heavy atom. The highest BCUT2D eigenvalue weighted by molar-refractivity contribution is 5.82. The highest BCUT2D eigenvalue weighted by atomic mass is 19.4. The zero-order valence-corrected chi connectivity index (χ0v) is 25.0. The Hall–Kier alpha value is -2.40. The zero-order chi connectivity index (χ0) is 38.4. The molecule has 0 heterocycles. The summed E-state index contributed by atoms with van der Waals surface area (Å²) in [6.45, 7) is -2.28. The third-order valence-electron chi connectivity index (χ3n) is 6.25. The molecule has 6 nitrogen and oxygen atoms in total. The topological polar surface area (TPSA) is 64.6 Å². The van der Waals surface area contributed by atoms with Crippen LogP contribution in [0.2, 0.25) is 0 Å². The van der Waals surface area contributed by atoms with E-state index < -0.39 is 111 Å². The molecular weight excluding hydrogens is 722 g/mol. The molecule has 1 atom stereocenters. The lowest BCUT2D eigenvalue weighted by Crippen LogP contribution is -2.60. The van der Waals surface area contributed by atoms with Crippen LogP contribution in [0.3, 0.4) is 0 Å². The van der Waals surface area contributed by atoms with Gasteiger partial charge in [-0.3, -0.25) is 9.59 Å². The molecule has 0 saturated heterocycles. The smallest absolute Gasteiger partial charge is 0.460 e. The molecule has 0 aliphatic heterocycles. The quantitative estimate of drug-likeness (QED) is 0.0628. The molecule has 286 valence electrons. The largest absolute Gasteiger partial charge is 0.466 e. The van der Waals surface area contributed by atoms with Gasteiger partial charge in [0.15, 0.2) is 0 Å². The fraction of sp³-hybridized carbons (Fsp3) is 0.917. The van der Waals surface area contributed by atoms with Gasteiger partial charge in [-0.25, -0.2) is 0 Å². The van der Waals surface area contributed by atoms with Gasteiger partial charge in [-0.1, -0.05) is 0 Å². The number of halogens is 18. The molecule has 0 rings (SSSR count). The third-order valence-corrected chi connectivity index (χ3v) is 6.25. The van der Waals surface area contributed by atoms with Crippen molar-refractivity contribution in [3.05, 3.63) is 0 Å². The summed E-state index contributed by atoms with van der Waals surface area (Å²) in [5.41, 5.74) is 0. The van der Waals surface area contributed by atoms with Crippen molar-refractivity contribution >= 4 is 11.9 Å². The van der Waals surface area contributed by atoms with Crippen molar-refractivity contribution in [1.82, 2.24) is 5.32 Å². The minimum Gasteiger partial charge on any atom is -0.466 e. The monoisotopic (exact) mass is 753 g/mol. The summed E-state index contributed by atoms with van der Waals surface area (Å²) in [7, 11) is 5.20. The molecule has 0 spiro atoms. The molecule has 0 amide bonds. The molecule has 0 aromatic carbocycles. The van der Waals surface area contributed by atoms with Gasteiger partial charge in [0.2, 0.25) is 0 Å². The first kappa shape index (κ1) is 45.6. The van der Waals surface area contributed by atoms with Crippen LogP contribution in [0.5, 0.6) is 0 Å². The van der Waals surface area contributed by atoms with E-state index >= 15 is 0 Å². The Bertz CT molecular complexity index is 1060. The van der Waals surface area contributed by atoms with Crippen LogP contribution in [0.15, 0.2) is 0 Å². The Labute approximate surface area is 260 Å². The first-order valence-electron chi connectivity index (χ1n) is 13.4. The minimum atomic E-state index is -7.15. The van der Waals surface area contributed by atoms with E-state index in [9.17, 15) is 88.6 Å². The summed E-state index contributed by atoms with van der Waals surface area (Å²) >= 11 is 0. The maximum atomic E-state index is 13.7. The molecule has 1 N–H and O–H groups in total. The molecule has 0 bridgehead atoms. The van der Waals surface area contributed by atoms with E-state index in [2.05, 4.69) is 14.8 Å². The number of nitrogens with zero attached hydrogens (tertiary/aromatic N) is 1. The predicted octanol–water partition coefficient (Wildman–Crippen LogP) is 7.01. The van der Waals surface area contributed by atoms with Gasteiger partial charge in [0, 0.05) is 25.8 Å². The van der Waals surface area contributed by atoms with Crippen LogP contribution in [0.25, 0.3) is 0 Å². The maximum absolute atomic E-state index is 13.7. The van der Waals surface area contributed by atoms with Gasteiger partial charge in [0.05, 0.1) is 47.3 Å². The molecule has 0 aliphatic carbocycles. The van der Waals surface area contributed by atoms with Crippen molar-refractivity contribution in [3.63, 3.8) is 0 Å². The number of ether oxygens (including phenoxy) is 2. The third kappa shape index (κ3) is 11.3. The van der Waals surface area contributed by atoms with Crippen molar-refractivity contribution in [1.29, 1.82) is 0 Å². The van der Waals surface area contributed by atoms with Crippen LogP contribution in [-0.4, -0.2) is 118 Å². The highest BCUT2D eigenvalue weighted by Crippen LogP contribution is 2.55.